The van der Waals surface area contributed by atoms with Crippen molar-refractivity contribution in [3.8, 4) is 0 Å². The summed E-state index contributed by atoms with van der Waals surface area (Å²) in [5, 5.41) is 0. The monoisotopic (exact) mass is 254 g/mol. The van der Waals surface area contributed by atoms with Gasteiger partial charge in [0.15, 0.2) is 0 Å². The van der Waals surface area contributed by atoms with Gasteiger partial charge in [0, 0.05) is 24.3 Å². The van der Waals surface area contributed by atoms with Crippen LogP contribution >= 0.6 is 0 Å². The van der Waals surface area contributed by atoms with Gasteiger partial charge in [0.1, 0.15) is 5.82 Å². The second kappa shape index (κ2) is 4.10. The lowest BCUT2D eigenvalue weighted by atomic mass is 9.95. The lowest BCUT2D eigenvalue weighted by Gasteiger charge is -2.28. The molecule has 1 fully saturated rings. The first kappa shape index (κ1) is 11.1. The van der Waals surface area contributed by atoms with E-state index in [-0.39, 0.29) is 0 Å². The molecule has 19 heavy (non-hydrogen) atoms. The second-order valence-electron chi connectivity index (χ2n) is 5.56. The second-order valence-corrected chi connectivity index (χ2v) is 5.56. The van der Waals surface area contributed by atoms with E-state index in [1.807, 2.05) is 12.1 Å². The van der Waals surface area contributed by atoms with E-state index in [1.165, 1.54) is 30.5 Å². The first-order chi connectivity index (χ1) is 9.31. The Kier molecular flexibility index (Phi) is 2.38. The van der Waals surface area contributed by atoms with Crippen molar-refractivity contribution in [3.63, 3.8) is 0 Å². The molecular weight excluding hydrogens is 236 g/mol. The van der Waals surface area contributed by atoms with Crippen molar-refractivity contribution >= 4 is 22.4 Å². The highest BCUT2D eigenvalue weighted by atomic mass is 15.2. The summed E-state index contributed by atoms with van der Waals surface area (Å²) in [5.74, 6) is 0.590. The van der Waals surface area contributed by atoms with E-state index in [0.29, 0.717) is 5.82 Å². The van der Waals surface area contributed by atoms with Crippen LogP contribution in [0.3, 0.4) is 0 Å². The summed E-state index contributed by atoms with van der Waals surface area (Å²) in [5.41, 5.74) is 10.5. The Morgan fingerprint density at radius 2 is 2.32 bits per heavy atom. The summed E-state index contributed by atoms with van der Waals surface area (Å²) in [6.07, 6.45) is 8.24. The highest BCUT2D eigenvalue weighted by Crippen LogP contribution is 2.34. The molecule has 0 aliphatic carbocycles. The maximum absolute atomic E-state index is 5.81. The minimum absolute atomic E-state index is 0.590. The van der Waals surface area contributed by atoms with Gasteiger partial charge in [-0.3, -0.25) is 4.90 Å². The van der Waals surface area contributed by atoms with Crippen LogP contribution in [0.4, 0.5) is 5.82 Å². The molecule has 1 saturated heterocycles. The first-order valence-corrected chi connectivity index (χ1v) is 6.98. The third-order valence-corrected chi connectivity index (χ3v) is 4.42. The molecule has 2 aliphatic heterocycles. The van der Waals surface area contributed by atoms with Gasteiger partial charge in [0.05, 0.1) is 11.0 Å². The van der Waals surface area contributed by atoms with Gasteiger partial charge >= 0.3 is 0 Å². The number of hydrogen-bond acceptors (Lipinski definition) is 3. The summed E-state index contributed by atoms with van der Waals surface area (Å²) in [6.45, 7) is 2.34. The Morgan fingerprint density at radius 1 is 1.37 bits per heavy atom. The van der Waals surface area contributed by atoms with Crippen LogP contribution in [-0.4, -0.2) is 34.0 Å². The van der Waals surface area contributed by atoms with E-state index in [4.69, 9.17) is 5.73 Å². The highest BCUT2D eigenvalue weighted by Gasteiger charge is 2.28. The van der Waals surface area contributed by atoms with Crippen molar-refractivity contribution in [2.45, 2.75) is 25.3 Å². The molecule has 4 rings (SSSR count). The number of hydrogen-bond donors (Lipinski definition) is 2. The Labute approximate surface area is 112 Å². The lowest BCUT2D eigenvalue weighted by Crippen LogP contribution is -2.32. The molecule has 4 heterocycles. The van der Waals surface area contributed by atoms with E-state index in [0.717, 1.165) is 30.0 Å². The summed E-state index contributed by atoms with van der Waals surface area (Å²) >= 11 is 0. The van der Waals surface area contributed by atoms with Crippen molar-refractivity contribution < 1.29 is 0 Å². The Balaban J connectivity index is 1.76. The largest absolute Gasteiger partial charge is 0.384 e. The van der Waals surface area contributed by atoms with Crippen LogP contribution in [0.1, 0.15) is 24.8 Å². The summed E-state index contributed by atoms with van der Waals surface area (Å²) in [4.78, 5) is 10.4. The fraction of sp³-hybridized carbons (Fsp3) is 0.400. The molecular formula is C15H18N4. The van der Waals surface area contributed by atoms with Crippen LogP contribution in [0.15, 0.2) is 24.4 Å². The average molecular weight is 254 g/mol. The minimum atomic E-state index is 0.590. The minimum Gasteiger partial charge on any atom is -0.384 e. The molecule has 2 aromatic heterocycles. The van der Waals surface area contributed by atoms with Crippen molar-refractivity contribution in [1.82, 2.24) is 14.9 Å². The lowest BCUT2D eigenvalue weighted by molar-refractivity contribution is 0.275. The molecule has 0 spiro atoms. The number of nitrogens with zero attached hydrogens (tertiary/aromatic N) is 2. The summed E-state index contributed by atoms with van der Waals surface area (Å²) in [6, 6.07) is 4.58. The number of aromatic amines is 1. The summed E-state index contributed by atoms with van der Waals surface area (Å²) < 4.78 is 0. The molecule has 2 aromatic rings. The highest BCUT2D eigenvalue weighted by molar-refractivity contribution is 5.90. The van der Waals surface area contributed by atoms with Crippen molar-refractivity contribution in [3.05, 3.63) is 30.0 Å². The smallest absolute Gasteiger partial charge is 0.124 e. The zero-order valence-electron chi connectivity index (χ0n) is 10.9. The number of aromatic nitrogens is 2. The predicted octanol–water partition coefficient (Wildman–Crippen LogP) is 2.40. The van der Waals surface area contributed by atoms with Crippen LogP contribution in [0.2, 0.25) is 0 Å². The number of fused-ring (bicyclic) bond motifs is 2. The van der Waals surface area contributed by atoms with Gasteiger partial charge in [0.25, 0.3) is 0 Å². The van der Waals surface area contributed by atoms with Gasteiger partial charge in [-0.15, -0.1) is 0 Å². The third kappa shape index (κ3) is 1.75. The topological polar surface area (TPSA) is 57.9 Å². The van der Waals surface area contributed by atoms with Gasteiger partial charge in [-0.05, 0) is 43.5 Å². The average Bonchev–Trinajstić information content (AvgIpc) is 3.03. The van der Waals surface area contributed by atoms with Gasteiger partial charge < -0.3 is 10.7 Å². The van der Waals surface area contributed by atoms with Crippen LogP contribution in [-0.2, 0) is 0 Å². The molecule has 0 amide bonds. The van der Waals surface area contributed by atoms with Crippen LogP contribution < -0.4 is 5.73 Å². The van der Waals surface area contributed by atoms with Crippen molar-refractivity contribution in [2.24, 2.45) is 0 Å². The van der Waals surface area contributed by atoms with Crippen molar-refractivity contribution in [2.75, 3.05) is 18.8 Å². The fourth-order valence-corrected chi connectivity index (χ4v) is 3.41. The molecule has 0 aromatic carbocycles. The first-order valence-electron chi connectivity index (χ1n) is 6.98. The molecule has 4 heteroatoms. The Bertz CT molecular complexity index is 655. The number of pyridine rings is 1. The van der Waals surface area contributed by atoms with Gasteiger partial charge in [0.2, 0.25) is 0 Å². The SMILES string of the molecule is Nc1ccc2[nH]cc(C3=CCN4CCCC4C3)c2n1. The van der Waals surface area contributed by atoms with Gasteiger partial charge in [-0.1, -0.05) is 6.08 Å². The van der Waals surface area contributed by atoms with Gasteiger partial charge in [-0.25, -0.2) is 4.98 Å². The quantitative estimate of drug-likeness (QED) is 0.821. The van der Waals surface area contributed by atoms with E-state index in [2.05, 4.69) is 27.1 Å². The zero-order valence-corrected chi connectivity index (χ0v) is 10.9. The third-order valence-electron chi connectivity index (χ3n) is 4.42. The maximum atomic E-state index is 5.81. The van der Waals surface area contributed by atoms with E-state index in [1.54, 1.807) is 0 Å². The van der Waals surface area contributed by atoms with E-state index in [9.17, 15) is 0 Å². The number of rotatable bonds is 1. The number of nitrogen functional groups attached to an aromatic ring is 1. The zero-order chi connectivity index (χ0) is 12.8. The number of H-pyrrole nitrogens is 1. The van der Waals surface area contributed by atoms with Crippen LogP contribution in [0.5, 0.6) is 0 Å². The molecule has 2 aliphatic rings. The molecule has 4 nitrogen and oxygen atoms in total. The van der Waals surface area contributed by atoms with Crippen LogP contribution in [0, 0.1) is 0 Å². The van der Waals surface area contributed by atoms with E-state index < -0.39 is 0 Å². The van der Waals surface area contributed by atoms with Gasteiger partial charge in [-0.2, -0.15) is 0 Å². The normalized spacial score (nSPS) is 23.6. The molecule has 1 atom stereocenters. The number of anilines is 1. The molecule has 98 valence electrons. The standard InChI is InChI=1S/C15H18N4/c16-14-4-3-13-15(18-14)12(9-17-13)10-5-7-19-6-1-2-11(19)8-10/h3-5,9,11,17H,1-2,6-8H2,(H2,16,18). The molecule has 0 bridgehead atoms. The Hall–Kier alpha value is -1.81. The predicted molar refractivity (Wildman–Crippen MR) is 77.7 cm³/mol. The molecule has 0 saturated carbocycles. The fourth-order valence-electron chi connectivity index (χ4n) is 3.41. The van der Waals surface area contributed by atoms with E-state index >= 15 is 0 Å². The summed E-state index contributed by atoms with van der Waals surface area (Å²) in [7, 11) is 0. The van der Waals surface area contributed by atoms with Crippen LogP contribution in [0.25, 0.3) is 16.6 Å². The number of nitrogens with two attached hydrogens (primary N) is 1. The molecule has 1 unspecified atom stereocenters. The Morgan fingerprint density at radius 3 is 3.26 bits per heavy atom. The van der Waals surface area contributed by atoms with Crippen molar-refractivity contribution in [1.29, 1.82) is 0 Å². The molecule has 3 N–H and O–H groups in total. The molecule has 0 radical (unpaired) electrons. The maximum Gasteiger partial charge on any atom is 0.124 e. The number of nitrogens with one attached hydrogen (secondary N) is 1.